The standard InChI is InChI=1S/C23H33NO6S.2H2O/c1-16(11-12-19-18(3)10-7-13-23(19,4)5)8-6-9-17(2)14-21(25)24-20(22(26)27)15-31(28,29)30;;/h6,8-9,11-12,14,20H,7,10,13,15H2,1-5H3,(H,24,25)(H,26,27)(H,28,29,30);2*1H2/t20-;;/m0../s1. The Bertz CT molecular complexity index is 953. The number of carbonyl (C=O) groups excluding carboxylic acids is 1. The first-order valence-electron chi connectivity index (χ1n) is 10.1. The zero-order chi connectivity index (χ0) is 23.8. The molecule has 0 aromatic rings. The number of hydrogen-bond donors (Lipinski definition) is 3. The van der Waals surface area contributed by atoms with E-state index in [1.807, 2.05) is 13.0 Å². The molecule has 0 unspecified atom stereocenters. The van der Waals surface area contributed by atoms with Crippen molar-refractivity contribution in [3.63, 3.8) is 0 Å². The summed E-state index contributed by atoms with van der Waals surface area (Å²) in [6, 6.07) is -1.73. The van der Waals surface area contributed by atoms with Crippen LogP contribution in [0.1, 0.15) is 53.9 Å². The number of carboxylic acid groups (broad SMARTS) is 1. The first-order chi connectivity index (χ1) is 14.2. The fourth-order valence-electron chi connectivity index (χ4n) is 3.49. The minimum Gasteiger partial charge on any atom is -0.480 e. The van der Waals surface area contributed by atoms with Crippen molar-refractivity contribution in [2.45, 2.75) is 59.9 Å². The summed E-state index contributed by atoms with van der Waals surface area (Å²) in [6.07, 6.45) is 14.3. The Morgan fingerprint density at radius 2 is 1.76 bits per heavy atom. The van der Waals surface area contributed by atoms with Crippen LogP contribution in [0.3, 0.4) is 0 Å². The molecule has 0 aromatic carbocycles. The first kappa shape index (κ1) is 32.6. The summed E-state index contributed by atoms with van der Waals surface area (Å²) in [7, 11) is -4.54. The van der Waals surface area contributed by atoms with Crippen molar-refractivity contribution < 1.29 is 38.6 Å². The molecule has 0 aromatic heterocycles. The van der Waals surface area contributed by atoms with E-state index in [1.54, 1.807) is 19.1 Å². The third-order valence-corrected chi connectivity index (χ3v) is 5.88. The van der Waals surface area contributed by atoms with E-state index in [1.165, 1.54) is 24.0 Å². The van der Waals surface area contributed by atoms with E-state index in [9.17, 15) is 18.0 Å². The fourth-order valence-corrected chi connectivity index (χ4v) is 4.13. The fraction of sp³-hybridized carbons (Fsp3) is 0.478. The molecule has 1 aliphatic carbocycles. The van der Waals surface area contributed by atoms with Gasteiger partial charge in [0.15, 0.2) is 0 Å². The van der Waals surface area contributed by atoms with E-state index in [2.05, 4.69) is 38.2 Å². The second kappa shape index (κ2) is 13.9. The molecule has 1 amide bonds. The van der Waals surface area contributed by atoms with Crippen LogP contribution in [0.2, 0.25) is 0 Å². The molecule has 0 saturated carbocycles. The summed E-state index contributed by atoms with van der Waals surface area (Å²) in [6.45, 7) is 10.3. The lowest BCUT2D eigenvalue weighted by Crippen LogP contribution is -2.44. The maximum absolute atomic E-state index is 11.9. The van der Waals surface area contributed by atoms with Crippen molar-refractivity contribution in [1.82, 2.24) is 5.32 Å². The van der Waals surface area contributed by atoms with Gasteiger partial charge in [-0.15, -0.1) is 0 Å². The molecular formula is C23H37NO8S. The van der Waals surface area contributed by atoms with E-state index in [0.29, 0.717) is 5.57 Å². The summed E-state index contributed by atoms with van der Waals surface area (Å²) in [5.74, 6) is -3.41. The van der Waals surface area contributed by atoms with E-state index in [0.717, 1.165) is 18.1 Å². The van der Waals surface area contributed by atoms with Gasteiger partial charge in [0.1, 0.15) is 11.8 Å². The topological polar surface area (TPSA) is 184 Å². The van der Waals surface area contributed by atoms with E-state index < -0.39 is 33.8 Å². The number of allylic oxidation sites excluding steroid dienone is 9. The SMILES string of the molecule is CC(C=CC1=C(C)CCCC1(C)C)=CC=CC(C)=CC(=O)N[C@@H](CS(=O)(=O)O)C(=O)O.O.O. The van der Waals surface area contributed by atoms with Crippen LogP contribution in [0.5, 0.6) is 0 Å². The molecule has 9 nitrogen and oxygen atoms in total. The molecule has 0 heterocycles. The number of aliphatic carboxylic acids is 1. The summed E-state index contributed by atoms with van der Waals surface area (Å²) in [5, 5.41) is 11.0. The van der Waals surface area contributed by atoms with Crippen LogP contribution in [-0.2, 0) is 19.7 Å². The second-order valence-corrected chi connectivity index (χ2v) is 10.1. The average molecular weight is 488 g/mol. The van der Waals surface area contributed by atoms with Gasteiger partial charge in [0.25, 0.3) is 10.1 Å². The molecule has 7 N–H and O–H groups in total. The number of nitrogens with one attached hydrogen (secondary N) is 1. The Kier molecular flexibility index (Phi) is 13.7. The van der Waals surface area contributed by atoms with Gasteiger partial charge in [-0.1, -0.05) is 55.4 Å². The van der Waals surface area contributed by atoms with Crippen molar-refractivity contribution in [2.24, 2.45) is 5.41 Å². The van der Waals surface area contributed by atoms with Crippen LogP contribution in [-0.4, -0.2) is 52.7 Å². The molecule has 10 heteroatoms. The maximum atomic E-state index is 11.9. The smallest absolute Gasteiger partial charge is 0.327 e. The molecule has 0 bridgehead atoms. The predicted molar refractivity (Wildman–Crippen MR) is 129 cm³/mol. The Labute approximate surface area is 196 Å². The lowest BCUT2D eigenvalue weighted by atomic mass is 9.72. The number of rotatable bonds is 9. The van der Waals surface area contributed by atoms with E-state index in [-0.39, 0.29) is 16.4 Å². The van der Waals surface area contributed by atoms with Crippen LogP contribution < -0.4 is 5.32 Å². The molecule has 1 rings (SSSR count). The van der Waals surface area contributed by atoms with Crippen molar-refractivity contribution >= 4 is 22.0 Å². The number of carboxylic acids is 1. The monoisotopic (exact) mass is 487 g/mol. The Hall–Kier alpha value is -2.53. The highest BCUT2D eigenvalue weighted by Gasteiger charge is 2.26. The molecule has 0 saturated heterocycles. The second-order valence-electron chi connectivity index (χ2n) is 8.57. The molecule has 0 aliphatic heterocycles. The minimum atomic E-state index is -4.54. The van der Waals surface area contributed by atoms with Crippen molar-refractivity contribution in [2.75, 3.05) is 5.75 Å². The molecule has 0 fully saturated rings. The summed E-state index contributed by atoms with van der Waals surface area (Å²) in [4.78, 5) is 23.0. The van der Waals surface area contributed by atoms with E-state index >= 15 is 0 Å². The minimum absolute atomic E-state index is 0. The molecule has 188 valence electrons. The lowest BCUT2D eigenvalue weighted by Gasteiger charge is -2.32. The lowest BCUT2D eigenvalue weighted by molar-refractivity contribution is -0.140. The van der Waals surface area contributed by atoms with Gasteiger partial charge in [-0.05, 0) is 56.6 Å². The Balaban J connectivity index is 0. The normalized spacial score (nSPS) is 18.0. The van der Waals surface area contributed by atoms with Crippen molar-refractivity contribution in [3.8, 4) is 0 Å². The van der Waals surface area contributed by atoms with Gasteiger partial charge in [0.05, 0.1) is 0 Å². The quantitative estimate of drug-likeness (QED) is 0.254. The van der Waals surface area contributed by atoms with Crippen LogP contribution in [0.25, 0.3) is 0 Å². The van der Waals surface area contributed by atoms with Gasteiger partial charge in [-0.2, -0.15) is 8.42 Å². The first-order valence-corrected chi connectivity index (χ1v) is 11.7. The summed E-state index contributed by atoms with van der Waals surface area (Å²) in [5.41, 5.74) is 4.56. The van der Waals surface area contributed by atoms with Crippen LogP contribution in [0, 0.1) is 5.41 Å². The highest BCUT2D eigenvalue weighted by Crippen LogP contribution is 2.40. The maximum Gasteiger partial charge on any atom is 0.327 e. The van der Waals surface area contributed by atoms with Gasteiger partial charge in [-0.25, -0.2) is 4.79 Å². The van der Waals surface area contributed by atoms with E-state index in [4.69, 9.17) is 9.66 Å². The van der Waals surface area contributed by atoms with Crippen LogP contribution >= 0.6 is 0 Å². The summed E-state index contributed by atoms with van der Waals surface area (Å²) < 4.78 is 30.5. The highest BCUT2D eigenvalue weighted by atomic mass is 32.2. The Morgan fingerprint density at radius 3 is 2.27 bits per heavy atom. The van der Waals surface area contributed by atoms with Crippen LogP contribution in [0.15, 0.2) is 58.7 Å². The molecule has 1 aliphatic rings. The highest BCUT2D eigenvalue weighted by molar-refractivity contribution is 7.85. The number of amides is 1. The molecule has 0 spiro atoms. The zero-order valence-electron chi connectivity index (χ0n) is 19.8. The average Bonchev–Trinajstić information content (AvgIpc) is 2.58. The van der Waals surface area contributed by atoms with Gasteiger partial charge in [0, 0.05) is 6.08 Å². The number of hydrogen-bond acceptors (Lipinski definition) is 4. The third-order valence-electron chi connectivity index (χ3n) is 5.12. The summed E-state index contributed by atoms with van der Waals surface area (Å²) >= 11 is 0. The molecule has 0 radical (unpaired) electrons. The van der Waals surface area contributed by atoms with Crippen molar-refractivity contribution in [3.05, 3.63) is 58.7 Å². The van der Waals surface area contributed by atoms with Gasteiger partial charge < -0.3 is 21.4 Å². The largest absolute Gasteiger partial charge is 0.480 e. The molecule has 33 heavy (non-hydrogen) atoms. The van der Waals surface area contributed by atoms with Gasteiger partial charge in [-0.3, -0.25) is 9.35 Å². The van der Waals surface area contributed by atoms with Gasteiger partial charge in [0.2, 0.25) is 5.91 Å². The van der Waals surface area contributed by atoms with Gasteiger partial charge >= 0.3 is 5.97 Å². The predicted octanol–water partition coefficient (Wildman–Crippen LogP) is 2.33. The Morgan fingerprint density at radius 1 is 1.15 bits per heavy atom. The van der Waals surface area contributed by atoms with Crippen molar-refractivity contribution in [1.29, 1.82) is 0 Å². The third kappa shape index (κ3) is 12.3. The molecule has 1 atom stereocenters. The molecular weight excluding hydrogens is 450 g/mol. The zero-order valence-corrected chi connectivity index (χ0v) is 20.6. The van der Waals surface area contributed by atoms with Crippen LogP contribution in [0.4, 0.5) is 0 Å². The number of carbonyl (C=O) groups is 2.